The molecular formula is C15H26Si2. The average molecular weight is 263 g/mol. The van der Waals surface area contributed by atoms with Crippen molar-refractivity contribution >= 4 is 16.1 Å². The molecule has 0 N–H and O–H groups in total. The van der Waals surface area contributed by atoms with E-state index in [-0.39, 0.29) is 0 Å². The van der Waals surface area contributed by atoms with E-state index in [9.17, 15) is 0 Å². The van der Waals surface area contributed by atoms with Crippen LogP contribution in [0.25, 0.3) is 0 Å². The van der Waals surface area contributed by atoms with E-state index in [4.69, 9.17) is 0 Å². The highest BCUT2D eigenvalue weighted by Gasteiger charge is 2.09. The van der Waals surface area contributed by atoms with E-state index in [1.807, 2.05) is 0 Å². The van der Waals surface area contributed by atoms with Crippen LogP contribution in [0.5, 0.6) is 0 Å². The summed E-state index contributed by atoms with van der Waals surface area (Å²) in [5.74, 6) is 7.08. The van der Waals surface area contributed by atoms with E-state index in [1.54, 1.807) is 0 Å². The van der Waals surface area contributed by atoms with Crippen molar-refractivity contribution in [3.05, 3.63) is 11.6 Å². The van der Waals surface area contributed by atoms with Crippen LogP contribution in [-0.2, 0) is 0 Å². The van der Waals surface area contributed by atoms with Gasteiger partial charge in [0, 0.05) is 0 Å². The molecule has 0 saturated carbocycles. The first-order valence-corrected chi connectivity index (χ1v) is 13.3. The molecule has 0 bridgehead atoms. The Labute approximate surface area is 110 Å². The Kier molecular flexibility index (Phi) is 6.03. The summed E-state index contributed by atoms with van der Waals surface area (Å²) in [7, 11) is -2.61. The van der Waals surface area contributed by atoms with Crippen LogP contribution in [0.3, 0.4) is 0 Å². The van der Waals surface area contributed by atoms with Crippen molar-refractivity contribution in [3.63, 3.8) is 0 Å². The van der Waals surface area contributed by atoms with Gasteiger partial charge in [-0.05, 0) is 5.92 Å². The van der Waals surface area contributed by atoms with E-state index in [1.165, 1.54) is 0 Å². The maximum Gasteiger partial charge on any atom is 0.129 e. The third kappa shape index (κ3) is 11.6. The normalized spacial score (nSPS) is 11.1. The second kappa shape index (κ2) is 6.29. The molecule has 2 heteroatoms. The lowest BCUT2D eigenvalue weighted by Gasteiger charge is -2.05. The van der Waals surface area contributed by atoms with Crippen LogP contribution < -0.4 is 0 Å². The van der Waals surface area contributed by atoms with Gasteiger partial charge in [0.25, 0.3) is 0 Å². The largest absolute Gasteiger partial charge is 0.129 e. The Hall–Kier alpha value is -0.706. The van der Waals surface area contributed by atoms with Crippen molar-refractivity contribution in [3.8, 4) is 22.9 Å². The van der Waals surface area contributed by atoms with Gasteiger partial charge < -0.3 is 0 Å². The first kappa shape index (κ1) is 16.3. The number of hydrogen-bond donors (Lipinski definition) is 0. The van der Waals surface area contributed by atoms with Crippen LogP contribution >= 0.6 is 0 Å². The summed E-state index contributed by atoms with van der Waals surface area (Å²) in [6.07, 6.45) is 2.18. The topological polar surface area (TPSA) is 0 Å². The van der Waals surface area contributed by atoms with Crippen molar-refractivity contribution in [2.45, 2.75) is 53.1 Å². The van der Waals surface area contributed by atoms with Crippen molar-refractivity contribution in [2.75, 3.05) is 0 Å². The number of allylic oxidation sites excluding steroid dienone is 2. The minimum atomic E-state index is -1.30. The molecule has 0 unspecified atom stereocenters. The highest BCUT2D eigenvalue weighted by molar-refractivity contribution is 6.84. The predicted octanol–water partition coefficient (Wildman–Crippen LogP) is 4.33. The Morgan fingerprint density at radius 2 is 1.18 bits per heavy atom. The molecule has 0 nitrogen and oxygen atoms in total. The summed E-state index contributed by atoms with van der Waals surface area (Å²) >= 11 is 0. The molecule has 0 aliphatic heterocycles. The summed E-state index contributed by atoms with van der Waals surface area (Å²) in [6, 6.07) is 0. The average Bonchev–Trinajstić information content (AvgIpc) is 2.06. The van der Waals surface area contributed by atoms with E-state index in [0.717, 1.165) is 5.57 Å². The zero-order chi connectivity index (χ0) is 13.7. The molecule has 0 saturated heterocycles. The van der Waals surface area contributed by atoms with Gasteiger partial charge in [0.15, 0.2) is 0 Å². The Morgan fingerprint density at radius 1 is 0.824 bits per heavy atom. The van der Waals surface area contributed by atoms with Crippen LogP contribution in [-0.4, -0.2) is 16.1 Å². The Bertz CT molecular complexity index is 359. The maximum absolute atomic E-state index is 3.40. The molecule has 0 aliphatic carbocycles. The lowest BCUT2D eigenvalue weighted by molar-refractivity contribution is 0.829. The van der Waals surface area contributed by atoms with Crippen molar-refractivity contribution in [1.29, 1.82) is 0 Å². The van der Waals surface area contributed by atoms with Crippen molar-refractivity contribution < 1.29 is 0 Å². The molecule has 0 atom stereocenters. The van der Waals surface area contributed by atoms with Gasteiger partial charge in [0.1, 0.15) is 16.1 Å². The van der Waals surface area contributed by atoms with Gasteiger partial charge in [-0.1, -0.05) is 71.0 Å². The summed E-state index contributed by atoms with van der Waals surface area (Å²) in [5, 5.41) is 0. The van der Waals surface area contributed by atoms with Gasteiger partial charge in [-0.15, -0.1) is 11.1 Å². The Morgan fingerprint density at radius 3 is 1.41 bits per heavy atom. The second-order valence-corrected chi connectivity index (χ2v) is 16.3. The van der Waals surface area contributed by atoms with E-state index in [0.29, 0.717) is 5.92 Å². The zero-order valence-corrected chi connectivity index (χ0v) is 14.7. The highest BCUT2D eigenvalue weighted by atomic mass is 28.3. The van der Waals surface area contributed by atoms with Crippen LogP contribution in [0, 0.1) is 28.8 Å². The summed E-state index contributed by atoms with van der Waals surface area (Å²) in [4.78, 5) is 0. The summed E-state index contributed by atoms with van der Waals surface area (Å²) in [6.45, 7) is 17.9. The van der Waals surface area contributed by atoms with Gasteiger partial charge in [-0.25, -0.2) is 0 Å². The third-order valence-electron chi connectivity index (χ3n) is 1.64. The van der Waals surface area contributed by atoms with Crippen molar-refractivity contribution in [1.82, 2.24) is 0 Å². The summed E-state index contributed by atoms with van der Waals surface area (Å²) in [5.41, 5.74) is 7.81. The highest BCUT2D eigenvalue weighted by Crippen LogP contribution is 2.04. The van der Waals surface area contributed by atoms with Crippen LogP contribution in [0.15, 0.2) is 11.6 Å². The zero-order valence-electron chi connectivity index (χ0n) is 12.7. The lowest BCUT2D eigenvalue weighted by atomic mass is 10.1. The van der Waals surface area contributed by atoms with Crippen LogP contribution in [0.1, 0.15) is 13.8 Å². The molecule has 0 aromatic heterocycles. The Balaban J connectivity index is 5.16. The van der Waals surface area contributed by atoms with E-state index < -0.39 is 16.1 Å². The monoisotopic (exact) mass is 262 g/mol. The molecule has 0 aromatic rings. The molecule has 0 aromatic carbocycles. The lowest BCUT2D eigenvalue weighted by Crippen LogP contribution is -2.17. The van der Waals surface area contributed by atoms with Crippen LogP contribution in [0.4, 0.5) is 0 Å². The van der Waals surface area contributed by atoms with Gasteiger partial charge >= 0.3 is 0 Å². The smallest absolute Gasteiger partial charge is 0.126 e. The first-order chi connectivity index (χ1) is 7.49. The second-order valence-electron chi connectivity index (χ2n) is 6.82. The van der Waals surface area contributed by atoms with E-state index in [2.05, 4.69) is 82.1 Å². The standard InChI is InChI=1S/C15H26Si2/c1-14(2)13-15(9-11-16(3,4)5)10-12-17(6,7)8/h13-14H,1-8H3. The molecule has 17 heavy (non-hydrogen) atoms. The molecule has 0 amide bonds. The SMILES string of the molecule is CC(C)C=C(C#C[Si](C)(C)C)C#C[Si](C)(C)C. The van der Waals surface area contributed by atoms with Crippen LogP contribution in [0.2, 0.25) is 39.3 Å². The van der Waals surface area contributed by atoms with E-state index >= 15 is 0 Å². The fraction of sp³-hybridized carbons (Fsp3) is 0.600. The minimum absolute atomic E-state index is 0.511. The fourth-order valence-corrected chi connectivity index (χ4v) is 1.98. The van der Waals surface area contributed by atoms with Gasteiger partial charge in [-0.2, -0.15) is 0 Å². The molecule has 0 spiro atoms. The first-order valence-electron chi connectivity index (χ1n) is 6.28. The molecule has 0 fully saturated rings. The van der Waals surface area contributed by atoms with Gasteiger partial charge in [-0.3, -0.25) is 0 Å². The molecule has 0 rings (SSSR count). The molecular weight excluding hydrogens is 236 g/mol. The van der Waals surface area contributed by atoms with Gasteiger partial charge in [0.2, 0.25) is 0 Å². The molecule has 0 radical (unpaired) electrons. The molecule has 94 valence electrons. The summed E-state index contributed by atoms with van der Waals surface area (Å²) < 4.78 is 0. The molecule has 0 heterocycles. The quantitative estimate of drug-likeness (QED) is 0.487. The fourth-order valence-electron chi connectivity index (χ4n) is 0.958. The number of rotatable bonds is 1. The number of hydrogen-bond acceptors (Lipinski definition) is 0. The maximum atomic E-state index is 3.40. The molecule has 0 aliphatic rings. The predicted molar refractivity (Wildman–Crippen MR) is 85.2 cm³/mol. The van der Waals surface area contributed by atoms with Crippen molar-refractivity contribution in [2.24, 2.45) is 5.92 Å². The van der Waals surface area contributed by atoms with Gasteiger partial charge in [0.05, 0.1) is 5.57 Å². The minimum Gasteiger partial charge on any atom is -0.126 e. The third-order valence-corrected chi connectivity index (χ3v) is 3.39.